The first-order valence-corrected chi connectivity index (χ1v) is 8.15. The number of nitrogens with zero attached hydrogens (tertiary/aromatic N) is 2. The fraction of sp³-hybridized carbons (Fsp3) is 0.150. The van der Waals surface area contributed by atoms with Gasteiger partial charge in [-0.25, -0.2) is 0 Å². The summed E-state index contributed by atoms with van der Waals surface area (Å²) in [5.41, 5.74) is 5.52. The summed E-state index contributed by atoms with van der Waals surface area (Å²) in [5.74, 6) is 0. The van der Waals surface area contributed by atoms with E-state index in [-0.39, 0.29) is 0 Å². The molecule has 2 aromatic carbocycles. The summed E-state index contributed by atoms with van der Waals surface area (Å²) in [6, 6.07) is 22.7. The maximum absolute atomic E-state index is 5.55. The average Bonchev–Trinajstić information content (AvgIpc) is 3.21. The van der Waals surface area contributed by atoms with Crippen LogP contribution in [0.25, 0.3) is 5.69 Å². The van der Waals surface area contributed by atoms with Crippen molar-refractivity contribution >= 4 is 5.71 Å². The quantitative estimate of drug-likeness (QED) is 0.437. The predicted molar refractivity (Wildman–Crippen MR) is 95.5 cm³/mol. The number of hydrogen-bond acceptors (Lipinski definition) is 3. The molecule has 1 aliphatic rings. The van der Waals surface area contributed by atoms with E-state index >= 15 is 0 Å². The first-order chi connectivity index (χ1) is 11.9. The predicted octanol–water partition coefficient (Wildman–Crippen LogP) is 3.35. The fourth-order valence-electron chi connectivity index (χ4n) is 2.96. The zero-order valence-electron chi connectivity index (χ0n) is 13.4. The van der Waals surface area contributed by atoms with Crippen molar-refractivity contribution in [3.63, 3.8) is 0 Å². The maximum Gasteiger partial charge on any atom is 0.136 e. The summed E-state index contributed by atoms with van der Waals surface area (Å²) in [6.45, 7) is 2.14. The third-order valence-corrected chi connectivity index (χ3v) is 4.11. The highest BCUT2D eigenvalue weighted by molar-refractivity contribution is 6.17. The molecular weight excluding hydrogens is 298 g/mol. The fourth-order valence-corrected chi connectivity index (χ4v) is 2.96. The lowest BCUT2D eigenvalue weighted by Gasteiger charge is -2.05. The lowest BCUT2D eigenvalue weighted by Crippen LogP contribution is -2.18. The van der Waals surface area contributed by atoms with E-state index in [1.807, 2.05) is 36.4 Å². The smallest absolute Gasteiger partial charge is 0.136 e. The van der Waals surface area contributed by atoms with E-state index in [1.54, 1.807) is 0 Å². The molecule has 0 amide bonds. The summed E-state index contributed by atoms with van der Waals surface area (Å²) >= 11 is 0. The lowest BCUT2D eigenvalue weighted by atomic mass is 10.1. The second-order valence-corrected chi connectivity index (χ2v) is 5.72. The van der Waals surface area contributed by atoms with E-state index in [4.69, 9.17) is 4.84 Å². The lowest BCUT2D eigenvalue weighted by molar-refractivity contribution is 0.146. The van der Waals surface area contributed by atoms with Crippen molar-refractivity contribution in [3.05, 3.63) is 89.7 Å². The van der Waals surface area contributed by atoms with Gasteiger partial charge in [0.15, 0.2) is 0 Å². The van der Waals surface area contributed by atoms with Gasteiger partial charge in [0.05, 0.1) is 11.4 Å². The first-order valence-electron chi connectivity index (χ1n) is 8.15. The molecule has 0 fully saturated rings. The molecule has 1 N–H and O–H groups in total. The van der Waals surface area contributed by atoms with E-state index in [9.17, 15) is 0 Å². The minimum atomic E-state index is 0.541. The number of rotatable bonds is 6. The zero-order chi connectivity index (χ0) is 16.2. The van der Waals surface area contributed by atoms with Crippen LogP contribution in [0, 0.1) is 0 Å². The molecule has 4 rings (SSSR count). The Morgan fingerprint density at radius 2 is 1.75 bits per heavy atom. The Labute approximate surface area is 141 Å². The molecule has 24 heavy (non-hydrogen) atoms. The van der Waals surface area contributed by atoms with Crippen LogP contribution in [-0.4, -0.2) is 23.4 Å². The van der Waals surface area contributed by atoms with Crippen molar-refractivity contribution in [2.45, 2.75) is 6.54 Å². The molecule has 4 heteroatoms. The van der Waals surface area contributed by atoms with E-state index in [0.717, 1.165) is 35.7 Å². The normalized spacial score (nSPS) is 13.8. The van der Waals surface area contributed by atoms with Crippen LogP contribution < -0.4 is 5.32 Å². The van der Waals surface area contributed by atoms with Gasteiger partial charge in [-0.15, -0.1) is 0 Å². The summed E-state index contributed by atoms with van der Waals surface area (Å²) < 4.78 is 2.14. The van der Waals surface area contributed by atoms with Crippen molar-refractivity contribution in [2.24, 2.45) is 5.16 Å². The highest BCUT2D eigenvalue weighted by Gasteiger charge is 2.24. The van der Waals surface area contributed by atoms with Gasteiger partial charge in [0.2, 0.25) is 0 Å². The Morgan fingerprint density at radius 3 is 2.67 bits per heavy atom. The largest absolute Gasteiger partial charge is 0.394 e. The molecule has 0 saturated heterocycles. The minimum absolute atomic E-state index is 0.541. The van der Waals surface area contributed by atoms with Gasteiger partial charge in [-0.1, -0.05) is 53.7 Å². The molecule has 1 aliphatic heterocycles. The average molecular weight is 317 g/mol. The molecule has 0 aliphatic carbocycles. The third-order valence-electron chi connectivity index (χ3n) is 4.11. The number of benzene rings is 2. The van der Waals surface area contributed by atoms with Crippen molar-refractivity contribution in [1.29, 1.82) is 0 Å². The van der Waals surface area contributed by atoms with Crippen LogP contribution in [-0.2, 0) is 11.4 Å². The van der Waals surface area contributed by atoms with Crippen LogP contribution in [0.5, 0.6) is 0 Å². The van der Waals surface area contributed by atoms with Crippen molar-refractivity contribution in [2.75, 3.05) is 13.2 Å². The van der Waals surface area contributed by atoms with Crippen LogP contribution in [0.3, 0.4) is 0 Å². The number of hydrogen-bond donors (Lipinski definition) is 1. The molecule has 120 valence electrons. The SMILES string of the molecule is c1ccc(CNCCO/N=C2/c3ccccc3-n3cccc32)cc1. The van der Waals surface area contributed by atoms with E-state index in [2.05, 4.69) is 51.6 Å². The van der Waals surface area contributed by atoms with Crippen molar-refractivity contribution in [3.8, 4) is 5.69 Å². The minimum Gasteiger partial charge on any atom is -0.394 e. The van der Waals surface area contributed by atoms with E-state index in [1.165, 1.54) is 5.56 Å². The third kappa shape index (κ3) is 2.84. The molecule has 0 unspecified atom stereocenters. The number of oxime groups is 1. The topological polar surface area (TPSA) is 38.5 Å². The van der Waals surface area contributed by atoms with Gasteiger partial charge in [0.25, 0.3) is 0 Å². The molecule has 2 heterocycles. The molecule has 0 radical (unpaired) electrons. The van der Waals surface area contributed by atoms with Gasteiger partial charge in [-0.2, -0.15) is 0 Å². The number of nitrogens with one attached hydrogen (secondary N) is 1. The van der Waals surface area contributed by atoms with Crippen LogP contribution in [0.15, 0.2) is 78.1 Å². The van der Waals surface area contributed by atoms with Crippen LogP contribution >= 0.6 is 0 Å². The van der Waals surface area contributed by atoms with E-state index < -0.39 is 0 Å². The van der Waals surface area contributed by atoms with Gasteiger partial charge in [-0.3, -0.25) is 0 Å². The summed E-state index contributed by atoms with van der Waals surface area (Å²) in [7, 11) is 0. The molecule has 1 aromatic heterocycles. The highest BCUT2D eigenvalue weighted by Crippen LogP contribution is 2.28. The second kappa shape index (κ2) is 6.72. The van der Waals surface area contributed by atoms with Gasteiger partial charge >= 0.3 is 0 Å². The summed E-state index contributed by atoms with van der Waals surface area (Å²) in [4.78, 5) is 5.55. The van der Waals surface area contributed by atoms with Gasteiger partial charge in [0.1, 0.15) is 12.3 Å². The monoisotopic (exact) mass is 317 g/mol. The zero-order valence-corrected chi connectivity index (χ0v) is 13.4. The number of fused-ring (bicyclic) bond motifs is 3. The maximum atomic E-state index is 5.55. The number of para-hydroxylation sites is 1. The second-order valence-electron chi connectivity index (χ2n) is 5.72. The van der Waals surface area contributed by atoms with E-state index in [0.29, 0.717) is 6.61 Å². The summed E-state index contributed by atoms with van der Waals surface area (Å²) in [5, 5.41) is 7.74. The molecule has 0 saturated carbocycles. The van der Waals surface area contributed by atoms with Gasteiger partial charge < -0.3 is 14.7 Å². The highest BCUT2D eigenvalue weighted by atomic mass is 16.6. The molecular formula is C20H19N3O. The van der Waals surface area contributed by atoms with Crippen LogP contribution in [0.2, 0.25) is 0 Å². The molecule has 0 atom stereocenters. The van der Waals surface area contributed by atoms with Crippen molar-refractivity contribution in [1.82, 2.24) is 9.88 Å². The Balaban J connectivity index is 1.35. The molecule has 0 spiro atoms. The Hall–Kier alpha value is -2.85. The first kappa shape index (κ1) is 14.7. The standard InChI is InChI=1S/C20H19N3O/c1-2-7-16(8-3-1)15-21-12-14-24-22-20-17-9-4-5-10-18(17)23-13-6-11-19(20)23/h1-11,13,21H,12,14-15H2/b22-20-. The van der Waals surface area contributed by atoms with Crippen molar-refractivity contribution < 1.29 is 4.84 Å². The van der Waals surface area contributed by atoms with Crippen LogP contribution in [0.4, 0.5) is 0 Å². The van der Waals surface area contributed by atoms with Gasteiger partial charge in [0, 0.05) is 24.8 Å². The molecule has 4 nitrogen and oxygen atoms in total. The Morgan fingerprint density at radius 1 is 0.917 bits per heavy atom. The summed E-state index contributed by atoms with van der Waals surface area (Å²) in [6.07, 6.45) is 2.05. The number of aromatic nitrogens is 1. The Bertz CT molecular complexity index is 852. The van der Waals surface area contributed by atoms with Crippen LogP contribution in [0.1, 0.15) is 16.8 Å². The molecule has 0 bridgehead atoms. The molecule has 3 aromatic rings. The van der Waals surface area contributed by atoms with Gasteiger partial charge in [-0.05, 0) is 23.8 Å². The Kier molecular flexibility index (Phi) is 4.13.